The Bertz CT molecular complexity index is 417. The first-order valence-corrected chi connectivity index (χ1v) is 7.92. The monoisotopic (exact) mass is 311 g/mol. The van der Waals surface area contributed by atoms with Crippen LogP contribution in [0.5, 0.6) is 0 Å². The number of likely N-dealkylation sites (tertiary alicyclic amines) is 1. The Kier molecular flexibility index (Phi) is 7.03. The molecule has 0 spiro atoms. The number of rotatable bonds is 7. The van der Waals surface area contributed by atoms with Gasteiger partial charge in [0.05, 0.1) is 6.04 Å². The van der Waals surface area contributed by atoms with Gasteiger partial charge in [-0.1, -0.05) is 12.2 Å². The van der Waals surface area contributed by atoms with Crippen LogP contribution in [-0.2, 0) is 9.59 Å². The van der Waals surface area contributed by atoms with Crippen molar-refractivity contribution in [1.82, 2.24) is 9.80 Å². The molecule has 0 aromatic carbocycles. The predicted molar refractivity (Wildman–Crippen MR) is 86.0 cm³/mol. The van der Waals surface area contributed by atoms with Crippen molar-refractivity contribution < 1.29 is 14.7 Å². The summed E-state index contributed by atoms with van der Waals surface area (Å²) in [6.07, 6.45) is 0.270. The minimum Gasteiger partial charge on any atom is -0.383 e. The molecule has 2 amide bonds. The minimum absolute atomic E-state index is 0.0967. The van der Waals surface area contributed by atoms with Crippen molar-refractivity contribution in [2.45, 2.75) is 45.8 Å². The number of carbonyl (C=O) groups is 2. The van der Waals surface area contributed by atoms with E-state index in [0.717, 1.165) is 5.57 Å². The van der Waals surface area contributed by atoms with E-state index in [1.54, 1.807) is 4.90 Å². The first kappa shape index (κ1) is 18.6. The van der Waals surface area contributed by atoms with Crippen LogP contribution in [0.1, 0.15) is 33.6 Å². The number of nitrogens with two attached hydrogens (primary N) is 1. The second-order valence-electron chi connectivity index (χ2n) is 6.21. The summed E-state index contributed by atoms with van der Waals surface area (Å²) in [7, 11) is 0. The molecule has 0 bridgehead atoms. The van der Waals surface area contributed by atoms with Gasteiger partial charge in [-0.3, -0.25) is 14.5 Å². The summed E-state index contributed by atoms with van der Waals surface area (Å²) in [6.45, 7) is 12.3. The van der Waals surface area contributed by atoms with Gasteiger partial charge in [0.2, 0.25) is 11.8 Å². The smallest absolute Gasteiger partial charge is 0.246 e. The summed E-state index contributed by atoms with van der Waals surface area (Å²) >= 11 is 0. The highest BCUT2D eigenvalue weighted by Gasteiger charge is 2.32. The van der Waals surface area contributed by atoms with Crippen LogP contribution in [0.4, 0.5) is 0 Å². The van der Waals surface area contributed by atoms with E-state index >= 15 is 0 Å². The molecular weight excluding hydrogens is 282 g/mol. The standard InChI is InChI=1S/C16H29N3O3/c1-5-18(10-11(2)3)16(22)12(4)19-8-6-13(7-9-19)14(20)15(17)21/h12-14,20H,2,5-10H2,1,3-4H3,(H2,17,21). The Morgan fingerprint density at radius 2 is 1.95 bits per heavy atom. The number of piperidine rings is 1. The van der Waals surface area contributed by atoms with E-state index in [-0.39, 0.29) is 17.9 Å². The van der Waals surface area contributed by atoms with Crippen LogP contribution in [0.25, 0.3) is 0 Å². The normalized spacial score (nSPS) is 19.5. The molecule has 0 aromatic rings. The Labute approximate surface area is 132 Å². The molecule has 1 aliphatic heterocycles. The lowest BCUT2D eigenvalue weighted by Crippen LogP contribution is -2.51. The number of aliphatic hydroxyl groups is 1. The Morgan fingerprint density at radius 3 is 2.36 bits per heavy atom. The van der Waals surface area contributed by atoms with Crippen LogP contribution in [0.2, 0.25) is 0 Å². The van der Waals surface area contributed by atoms with Crippen LogP contribution in [-0.4, -0.2) is 65.0 Å². The highest BCUT2D eigenvalue weighted by Crippen LogP contribution is 2.22. The molecule has 2 unspecified atom stereocenters. The van der Waals surface area contributed by atoms with Gasteiger partial charge in [-0.05, 0) is 52.6 Å². The summed E-state index contributed by atoms with van der Waals surface area (Å²) in [5.74, 6) is -0.672. The van der Waals surface area contributed by atoms with Crippen molar-refractivity contribution >= 4 is 11.8 Å². The SMILES string of the molecule is C=C(C)CN(CC)C(=O)C(C)N1CCC(C(O)C(N)=O)CC1. The molecule has 0 aliphatic carbocycles. The average Bonchev–Trinajstić information content (AvgIpc) is 2.50. The average molecular weight is 311 g/mol. The number of carbonyl (C=O) groups excluding carboxylic acids is 2. The second-order valence-corrected chi connectivity index (χ2v) is 6.21. The highest BCUT2D eigenvalue weighted by atomic mass is 16.3. The Morgan fingerprint density at radius 1 is 1.41 bits per heavy atom. The molecule has 1 fully saturated rings. The molecule has 1 saturated heterocycles. The number of amides is 2. The summed E-state index contributed by atoms with van der Waals surface area (Å²) in [5, 5.41) is 9.73. The molecular formula is C16H29N3O3. The molecule has 3 N–H and O–H groups in total. The zero-order valence-corrected chi connectivity index (χ0v) is 13.9. The fourth-order valence-corrected chi connectivity index (χ4v) is 2.95. The quantitative estimate of drug-likeness (QED) is 0.665. The first-order valence-electron chi connectivity index (χ1n) is 7.92. The van der Waals surface area contributed by atoms with Crippen molar-refractivity contribution in [2.75, 3.05) is 26.2 Å². The molecule has 22 heavy (non-hydrogen) atoms. The molecule has 1 aliphatic rings. The van der Waals surface area contributed by atoms with E-state index in [9.17, 15) is 14.7 Å². The maximum absolute atomic E-state index is 12.6. The van der Waals surface area contributed by atoms with Gasteiger partial charge in [-0.15, -0.1) is 0 Å². The summed E-state index contributed by atoms with van der Waals surface area (Å²) in [5.41, 5.74) is 6.11. The topological polar surface area (TPSA) is 86.9 Å². The largest absolute Gasteiger partial charge is 0.383 e. The van der Waals surface area contributed by atoms with E-state index in [1.807, 2.05) is 20.8 Å². The Balaban J connectivity index is 2.57. The summed E-state index contributed by atoms with van der Waals surface area (Å²) < 4.78 is 0. The van der Waals surface area contributed by atoms with Gasteiger partial charge in [0.1, 0.15) is 6.10 Å². The number of hydrogen-bond donors (Lipinski definition) is 2. The second kappa shape index (κ2) is 8.29. The van der Waals surface area contributed by atoms with Gasteiger partial charge >= 0.3 is 0 Å². The highest BCUT2D eigenvalue weighted by molar-refractivity contribution is 5.81. The van der Waals surface area contributed by atoms with Crippen LogP contribution >= 0.6 is 0 Å². The van der Waals surface area contributed by atoms with E-state index in [2.05, 4.69) is 11.5 Å². The molecule has 1 rings (SSSR count). The van der Waals surface area contributed by atoms with Crippen molar-refractivity contribution in [3.05, 3.63) is 12.2 Å². The lowest BCUT2D eigenvalue weighted by molar-refractivity contribution is -0.137. The number of aliphatic hydroxyl groups excluding tert-OH is 1. The molecule has 0 aromatic heterocycles. The van der Waals surface area contributed by atoms with Gasteiger partial charge in [0.25, 0.3) is 0 Å². The third kappa shape index (κ3) is 4.81. The van der Waals surface area contributed by atoms with Gasteiger partial charge in [0, 0.05) is 13.1 Å². The van der Waals surface area contributed by atoms with Crippen molar-refractivity contribution in [3.8, 4) is 0 Å². The summed E-state index contributed by atoms with van der Waals surface area (Å²) in [6, 6.07) is -0.203. The maximum Gasteiger partial charge on any atom is 0.246 e. The third-order valence-corrected chi connectivity index (χ3v) is 4.37. The third-order valence-electron chi connectivity index (χ3n) is 4.37. The van der Waals surface area contributed by atoms with Gasteiger partial charge in [0.15, 0.2) is 0 Å². The van der Waals surface area contributed by atoms with Crippen molar-refractivity contribution in [1.29, 1.82) is 0 Å². The van der Waals surface area contributed by atoms with E-state index in [0.29, 0.717) is 39.0 Å². The number of hydrogen-bond acceptors (Lipinski definition) is 4. The van der Waals surface area contributed by atoms with Crippen LogP contribution in [0.15, 0.2) is 12.2 Å². The van der Waals surface area contributed by atoms with Crippen molar-refractivity contribution in [3.63, 3.8) is 0 Å². The van der Waals surface area contributed by atoms with E-state index < -0.39 is 12.0 Å². The van der Waals surface area contributed by atoms with Crippen molar-refractivity contribution in [2.24, 2.45) is 11.7 Å². The van der Waals surface area contributed by atoms with Gasteiger partial charge < -0.3 is 15.7 Å². The fraction of sp³-hybridized carbons (Fsp3) is 0.750. The maximum atomic E-state index is 12.6. The number of likely N-dealkylation sites (N-methyl/N-ethyl adjacent to an activating group) is 1. The molecule has 0 radical (unpaired) electrons. The lowest BCUT2D eigenvalue weighted by atomic mass is 9.90. The molecule has 6 nitrogen and oxygen atoms in total. The van der Waals surface area contributed by atoms with E-state index in [4.69, 9.17) is 5.73 Å². The zero-order chi connectivity index (χ0) is 16.9. The minimum atomic E-state index is -1.08. The Hall–Kier alpha value is -1.40. The fourth-order valence-electron chi connectivity index (χ4n) is 2.95. The molecule has 2 atom stereocenters. The van der Waals surface area contributed by atoms with E-state index in [1.165, 1.54) is 0 Å². The molecule has 6 heteroatoms. The van der Waals surface area contributed by atoms with Crippen LogP contribution in [0, 0.1) is 5.92 Å². The predicted octanol–water partition coefficient (Wildman–Crippen LogP) is 0.358. The summed E-state index contributed by atoms with van der Waals surface area (Å²) in [4.78, 5) is 27.5. The number of primary amides is 1. The van der Waals surface area contributed by atoms with Gasteiger partial charge in [-0.25, -0.2) is 0 Å². The number of nitrogens with zero attached hydrogens (tertiary/aromatic N) is 2. The molecule has 0 saturated carbocycles. The molecule has 126 valence electrons. The lowest BCUT2D eigenvalue weighted by Gasteiger charge is -2.38. The first-order chi connectivity index (χ1) is 10.3. The zero-order valence-electron chi connectivity index (χ0n) is 13.9. The molecule has 1 heterocycles. The van der Waals surface area contributed by atoms with Crippen LogP contribution in [0.3, 0.4) is 0 Å². The van der Waals surface area contributed by atoms with Crippen LogP contribution < -0.4 is 5.73 Å². The van der Waals surface area contributed by atoms with Gasteiger partial charge in [-0.2, -0.15) is 0 Å².